The third-order valence-electron chi connectivity index (χ3n) is 4.39. The first-order chi connectivity index (χ1) is 10.2. The molecule has 0 bridgehead atoms. The highest BCUT2D eigenvalue weighted by molar-refractivity contribution is 5.38. The van der Waals surface area contributed by atoms with Crippen molar-refractivity contribution in [3.8, 4) is 0 Å². The lowest BCUT2D eigenvalue weighted by molar-refractivity contribution is 0.412. The van der Waals surface area contributed by atoms with Crippen molar-refractivity contribution in [3.05, 3.63) is 41.9 Å². The molecule has 0 unspecified atom stereocenters. The van der Waals surface area contributed by atoms with Crippen molar-refractivity contribution >= 4 is 5.82 Å². The summed E-state index contributed by atoms with van der Waals surface area (Å²) in [5.74, 6) is 1.10. The summed E-state index contributed by atoms with van der Waals surface area (Å²) in [6.45, 7) is 5.17. The van der Waals surface area contributed by atoms with Gasteiger partial charge in [-0.3, -0.25) is 4.68 Å². The van der Waals surface area contributed by atoms with E-state index in [9.17, 15) is 0 Å². The molecule has 3 rings (SSSR count). The summed E-state index contributed by atoms with van der Waals surface area (Å²) in [6, 6.07) is 6.70. The van der Waals surface area contributed by atoms with Gasteiger partial charge in [-0.15, -0.1) is 0 Å². The van der Waals surface area contributed by atoms with Crippen molar-refractivity contribution in [2.75, 3.05) is 18.0 Å². The quantitative estimate of drug-likeness (QED) is 0.932. The summed E-state index contributed by atoms with van der Waals surface area (Å²) in [6.07, 6.45) is 6.15. The summed E-state index contributed by atoms with van der Waals surface area (Å²) in [7, 11) is 1.99. The van der Waals surface area contributed by atoms with Gasteiger partial charge in [0.15, 0.2) is 0 Å². The van der Waals surface area contributed by atoms with Crippen LogP contribution in [0.15, 0.2) is 30.6 Å². The van der Waals surface area contributed by atoms with Crippen LogP contribution in [0.3, 0.4) is 0 Å². The van der Waals surface area contributed by atoms with E-state index < -0.39 is 0 Å². The molecule has 0 saturated carbocycles. The van der Waals surface area contributed by atoms with E-state index in [0.717, 1.165) is 38.3 Å². The summed E-state index contributed by atoms with van der Waals surface area (Å²) in [4.78, 5) is 6.80. The molecular formula is C16H23N5. The fourth-order valence-electron chi connectivity index (χ4n) is 2.83. The molecule has 5 heteroatoms. The maximum Gasteiger partial charge on any atom is 0.128 e. The van der Waals surface area contributed by atoms with E-state index >= 15 is 0 Å². The number of aromatic nitrogens is 3. The van der Waals surface area contributed by atoms with Crippen molar-refractivity contribution in [1.82, 2.24) is 20.1 Å². The minimum absolute atomic E-state index is 0.588. The molecule has 0 radical (unpaired) electrons. The van der Waals surface area contributed by atoms with Crippen LogP contribution in [0.1, 0.15) is 24.1 Å². The molecule has 0 spiro atoms. The molecule has 1 aliphatic heterocycles. The molecule has 5 nitrogen and oxygen atoms in total. The molecule has 0 aliphatic carbocycles. The first-order valence-corrected chi connectivity index (χ1v) is 7.61. The molecule has 1 fully saturated rings. The Kier molecular flexibility index (Phi) is 4.20. The van der Waals surface area contributed by atoms with Crippen LogP contribution >= 0.6 is 0 Å². The van der Waals surface area contributed by atoms with Crippen LogP contribution < -0.4 is 10.2 Å². The minimum Gasteiger partial charge on any atom is -0.357 e. The molecular weight excluding hydrogens is 262 g/mol. The minimum atomic E-state index is 0.588. The molecule has 0 amide bonds. The first-order valence-electron chi connectivity index (χ1n) is 7.61. The molecule has 21 heavy (non-hydrogen) atoms. The smallest absolute Gasteiger partial charge is 0.128 e. The molecule has 2 aromatic rings. The summed E-state index contributed by atoms with van der Waals surface area (Å²) >= 11 is 0. The fraction of sp³-hybridized carbons (Fsp3) is 0.500. The Hall–Kier alpha value is -1.88. The Labute approximate surface area is 126 Å². The average Bonchev–Trinajstić information content (AvgIpc) is 2.86. The molecule has 1 aliphatic rings. The normalized spacial score (nSPS) is 16.4. The molecule has 112 valence electrons. The number of piperidine rings is 1. The van der Waals surface area contributed by atoms with Crippen molar-refractivity contribution < 1.29 is 0 Å². The topological polar surface area (TPSA) is 46.0 Å². The van der Waals surface area contributed by atoms with E-state index in [2.05, 4.69) is 39.4 Å². The van der Waals surface area contributed by atoms with Gasteiger partial charge in [0.25, 0.3) is 0 Å². The highest BCUT2D eigenvalue weighted by Crippen LogP contribution is 2.17. The third-order valence-corrected chi connectivity index (χ3v) is 4.39. The zero-order valence-electron chi connectivity index (χ0n) is 12.8. The van der Waals surface area contributed by atoms with Crippen LogP contribution in [-0.2, 0) is 13.6 Å². The number of rotatable bonds is 4. The van der Waals surface area contributed by atoms with Gasteiger partial charge in [0, 0.05) is 50.2 Å². The van der Waals surface area contributed by atoms with Gasteiger partial charge in [-0.2, -0.15) is 5.10 Å². The Morgan fingerprint density at radius 3 is 2.71 bits per heavy atom. The van der Waals surface area contributed by atoms with Gasteiger partial charge in [-0.25, -0.2) is 4.98 Å². The summed E-state index contributed by atoms with van der Waals surface area (Å²) in [5.41, 5.74) is 2.54. The van der Waals surface area contributed by atoms with Gasteiger partial charge in [0.05, 0.1) is 6.20 Å². The second kappa shape index (κ2) is 6.26. The third kappa shape index (κ3) is 3.24. The van der Waals surface area contributed by atoms with Crippen LogP contribution in [-0.4, -0.2) is 33.9 Å². The standard InChI is InChI=1S/C16H23N5/c1-13-14(12-19-20(13)2)11-18-15-6-9-21(10-7-15)16-5-3-4-8-17-16/h3-5,8,12,15,18H,6-7,9-11H2,1-2H3. The number of aryl methyl sites for hydroxylation is 1. The predicted molar refractivity (Wildman–Crippen MR) is 84.3 cm³/mol. The van der Waals surface area contributed by atoms with Crippen LogP contribution in [0.4, 0.5) is 5.82 Å². The Balaban J connectivity index is 1.49. The Morgan fingerprint density at radius 1 is 1.29 bits per heavy atom. The maximum absolute atomic E-state index is 4.43. The number of hydrogen-bond acceptors (Lipinski definition) is 4. The lowest BCUT2D eigenvalue weighted by Gasteiger charge is -2.33. The summed E-state index contributed by atoms with van der Waals surface area (Å²) in [5, 5.41) is 7.96. The van der Waals surface area contributed by atoms with Crippen molar-refractivity contribution in [2.24, 2.45) is 7.05 Å². The van der Waals surface area contributed by atoms with Crippen molar-refractivity contribution in [1.29, 1.82) is 0 Å². The van der Waals surface area contributed by atoms with Crippen LogP contribution in [0.2, 0.25) is 0 Å². The van der Waals surface area contributed by atoms with Gasteiger partial charge in [-0.05, 0) is 31.9 Å². The van der Waals surface area contributed by atoms with E-state index in [1.165, 1.54) is 11.3 Å². The van der Waals surface area contributed by atoms with E-state index in [1.54, 1.807) is 0 Å². The second-order valence-corrected chi connectivity index (χ2v) is 5.71. The number of pyridine rings is 1. The maximum atomic E-state index is 4.43. The molecule has 3 heterocycles. The van der Waals surface area contributed by atoms with Gasteiger partial charge < -0.3 is 10.2 Å². The fourth-order valence-corrected chi connectivity index (χ4v) is 2.83. The Bertz CT molecular complexity index is 570. The van der Waals surface area contributed by atoms with E-state index in [0.29, 0.717) is 6.04 Å². The molecule has 2 aromatic heterocycles. The number of anilines is 1. The van der Waals surface area contributed by atoms with E-state index in [4.69, 9.17) is 0 Å². The SMILES string of the molecule is Cc1c(CNC2CCN(c3ccccn3)CC2)cnn1C. The predicted octanol–water partition coefficient (Wildman–Crippen LogP) is 1.88. The van der Waals surface area contributed by atoms with Crippen LogP contribution in [0.25, 0.3) is 0 Å². The molecule has 0 atom stereocenters. The highest BCUT2D eigenvalue weighted by Gasteiger charge is 2.19. The largest absolute Gasteiger partial charge is 0.357 e. The van der Waals surface area contributed by atoms with Crippen molar-refractivity contribution in [3.63, 3.8) is 0 Å². The van der Waals surface area contributed by atoms with Gasteiger partial charge >= 0.3 is 0 Å². The second-order valence-electron chi connectivity index (χ2n) is 5.71. The van der Waals surface area contributed by atoms with Crippen molar-refractivity contribution in [2.45, 2.75) is 32.4 Å². The van der Waals surface area contributed by atoms with Gasteiger partial charge in [0.1, 0.15) is 5.82 Å². The van der Waals surface area contributed by atoms with Crippen LogP contribution in [0.5, 0.6) is 0 Å². The monoisotopic (exact) mass is 285 g/mol. The highest BCUT2D eigenvalue weighted by atomic mass is 15.3. The first kappa shape index (κ1) is 14.1. The van der Waals surface area contributed by atoms with Crippen LogP contribution in [0, 0.1) is 6.92 Å². The average molecular weight is 285 g/mol. The summed E-state index contributed by atoms with van der Waals surface area (Å²) < 4.78 is 1.93. The molecule has 1 N–H and O–H groups in total. The molecule has 0 aromatic carbocycles. The lowest BCUT2D eigenvalue weighted by atomic mass is 10.0. The van der Waals surface area contributed by atoms with E-state index in [-0.39, 0.29) is 0 Å². The number of hydrogen-bond donors (Lipinski definition) is 1. The zero-order chi connectivity index (χ0) is 14.7. The van der Waals surface area contributed by atoms with Gasteiger partial charge in [-0.1, -0.05) is 6.07 Å². The number of nitrogens with zero attached hydrogens (tertiary/aromatic N) is 4. The lowest BCUT2D eigenvalue weighted by Crippen LogP contribution is -2.42. The molecule has 1 saturated heterocycles. The van der Waals surface area contributed by atoms with E-state index in [1.807, 2.05) is 30.2 Å². The van der Waals surface area contributed by atoms with Gasteiger partial charge in [0.2, 0.25) is 0 Å². The Morgan fingerprint density at radius 2 is 2.10 bits per heavy atom. The zero-order valence-corrected chi connectivity index (χ0v) is 12.8. The number of nitrogens with one attached hydrogen (secondary N) is 1.